The second-order valence-electron chi connectivity index (χ2n) is 10.1. The summed E-state index contributed by atoms with van der Waals surface area (Å²) in [6.07, 6.45) is 3.30. The van der Waals surface area contributed by atoms with Crippen LogP contribution in [0.4, 0.5) is 8.78 Å². The molecule has 3 aromatic rings. The van der Waals surface area contributed by atoms with Gasteiger partial charge in [0.25, 0.3) is 5.56 Å². The SMILES string of the molecule is CCOc1c(-c2ccc(OC(F)F)c(OC3CC3)c2)n(COCC[Si](C)(C)C)c2cnn(C)c(=O)c12. The Balaban J connectivity index is 1.85. The van der Waals surface area contributed by atoms with Crippen molar-refractivity contribution in [3.63, 3.8) is 0 Å². The van der Waals surface area contributed by atoms with Gasteiger partial charge in [0.2, 0.25) is 0 Å². The molecular formula is C25H33F2N3O5Si. The van der Waals surface area contributed by atoms with Crippen molar-refractivity contribution < 1.29 is 27.7 Å². The highest BCUT2D eigenvalue weighted by Gasteiger charge is 2.28. The van der Waals surface area contributed by atoms with Gasteiger partial charge in [-0.15, -0.1) is 0 Å². The standard InChI is InChI=1S/C25H33F2N3O5Si/c1-6-33-23-21-18(14-28-29(2)24(21)31)30(15-32-11-12-36(3,4)5)22(23)16-7-10-19(35-25(26)27)20(13-16)34-17-8-9-17/h7,10,13-14,17,25H,6,8-9,11-12,15H2,1-5H3. The summed E-state index contributed by atoms with van der Waals surface area (Å²) in [6.45, 7) is 6.77. The minimum Gasteiger partial charge on any atom is -0.491 e. The zero-order chi connectivity index (χ0) is 26.0. The van der Waals surface area contributed by atoms with Gasteiger partial charge in [-0.1, -0.05) is 19.6 Å². The maximum absolute atomic E-state index is 13.1. The fraction of sp³-hybridized carbons (Fsp3) is 0.520. The number of halogens is 2. The number of fused-ring (bicyclic) bond motifs is 1. The average molecular weight is 522 g/mol. The van der Waals surface area contributed by atoms with Crippen molar-refractivity contribution in [2.75, 3.05) is 13.2 Å². The van der Waals surface area contributed by atoms with E-state index in [0.29, 0.717) is 41.1 Å². The minimum atomic E-state index is -2.98. The Hall–Kier alpha value is -2.92. The van der Waals surface area contributed by atoms with E-state index in [1.807, 2.05) is 11.5 Å². The third-order valence-corrected chi connectivity index (χ3v) is 7.58. The Morgan fingerprint density at radius 3 is 2.58 bits per heavy atom. The van der Waals surface area contributed by atoms with Crippen LogP contribution in [0.1, 0.15) is 19.8 Å². The molecule has 1 saturated carbocycles. The lowest BCUT2D eigenvalue weighted by molar-refractivity contribution is -0.0516. The third-order valence-electron chi connectivity index (χ3n) is 5.88. The molecular weight excluding hydrogens is 488 g/mol. The van der Waals surface area contributed by atoms with Crippen LogP contribution in [0.5, 0.6) is 17.2 Å². The molecule has 2 aromatic heterocycles. The van der Waals surface area contributed by atoms with Gasteiger partial charge >= 0.3 is 6.61 Å². The van der Waals surface area contributed by atoms with Crippen molar-refractivity contribution in [3.8, 4) is 28.5 Å². The maximum atomic E-state index is 13.1. The molecule has 1 aliphatic rings. The summed E-state index contributed by atoms with van der Waals surface area (Å²) in [7, 11) is 0.276. The Kier molecular flexibility index (Phi) is 7.69. The van der Waals surface area contributed by atoms with Crippen molar-refractivity contribution in [2.24, 2.45) is 7.05 Å². The molecule has 0 amide bonds. The van der Waals surface area contributed by atoms with Crippen LogP contribution in [0, 0.1) is 0 Å². The van der Waals surface area contributed by atoms with E-state index >= 15 is 0 Å². The molecule has 0 radical (unpaired) electrons. The third kappa shape index (κ3) is 5.89. The van der Waals surface area contributed by atoms with E-state index in [9.17, 15) is 13.6 Å². The summed E-state index contributed by atoms with van der Waals surface area (Å²) in [5.74, 6) is 0.578. The van der Waals surface area contributed by atoms with Crippen molar-refractivity contribution in [3.05, 3.63) is 34.7 Å². The van der Waals surface area contributed by atoms with E-state index < -0.39 is 14.7 Å². The van der Waals surface area contributed by atoms with Crippen LogP contribution in [0.15, 0.2) is 29.2 Å². The molecule has 0 unspecified atom stereocenters. The second kappa shape index (κ2) is 10.6. The van der Waals surface area contributed by atoms with Crippen LogP contribution in [-0.2, 0) is 18.5 Å². The van der Waals surface area contributed by atoms with E-state index in [0.717, 1.165) is 18.9 Å². The largest absolute Gasteiger partial charge is 0.491 e. The van der Waals surface area contributed by atoms with Crippen molar-refractivity contribution in [1.82, 2.24) is 14.3 Å². The summed E-state index contributed by atoms with van der Waals surface area (Å²) >= 11 is 0. The second-order valence-corrected chi connectivity index (χ2v) is 15.7. The first-order chi connectivity index (χ1) is 17.1. The van der Waals surface area contributed by atoms with Gasteiger partial charge in [0.15, 0.2) is 17.2 Å². The molecule has 0 N–H and O–H groups in total. The molecule has 2 heterocycles. The first-order valence-electron chi connectivity index (χ1n) is 12.1. The Morgan fingerprint density at radius 2 is 1.94 bits per heavy atom. The lowest BCUT2D eigenvalue weighted by atomic mass is 10.1. The minimum absolute atomic E-state index is 0.0288. The zero-order valence-electron chi connectivity index (χ0n) is 21.3. The number of rotatable bonds is 12. The van der Waals surface area contributed by atoms with E-state index in [2.05, 4.69) is 24.7 Å². The van der Waals surface area contributed by atoms with Gasteiger partial charge in [0.1, 0.15) is 12.1 Å². The van der Waals surface area contributed by atoms with Gasteiger partial charge in [0.05, 0.1) is 30.1 Å². The van der Waals surface area contributed by atoms with Gasteiger partial charge in [-0.05, 0) is 44.0 Å². The summed E-state index contributed by atoms with van der Waals surface area (Å²) < 4.78 is 51.8. The predicted octanol–water partition coefficient (Wildman–Crippen LogP) is 5.26. The first-order valence-corrected chi connectivity index (χ1v) is 15.8. The molecule has 0 aliphatic heterocycles. The quantitative estimate of drug-likeness (QED) is 0.239. The number of nitrogens with zero attached hydrogens (tertiary/aromatic N) is 3. The van der Waals surface area contributed by atoms with Crippen molar-refractivity contribution in [1.29, 1.82) is 0 Å². The van der Waals surface area contributed by atoms with Gasteiger partial charge in [-0.25, -0.2) is 4.68 Å². The van der Waals surface area contributed by atoms with Gasteiger partial charge in [-0.3, -0.25) is 4.79 Å². The summed E-state index contributed by atoms with van der Waals surface area (Å²) in [6, 6.07) is 5.76. The lowest BCUT2D eigenvalue weighted by Gasteiger charge is -2.18. The van der Waals surface area contributed by atoms with Crippen LogP contribution < -0.4 is 19.8 Å². The predicted molar refractivity (Wildman–Crippen MR) is 136 cm³/mol. The van der Waals surface area contributed by atoms with E-state index in [1.54, 1.807) is 25.4 Å². The Morgan fingerprint density at radius 1 is 1.19 bits per heavy atom. The molecule has 1 aromatic carbocycles. The number of benzene rings is 1. The van der Waals surface area contributed by atoms with Crippen LogP contribution in [0.3, 0.4) is 0 Å². The molecule has 1 fully saturated rings. The molecule has 8 nitrogen and oxygen atoms in total. The first kappa shape index (κ1) is 26.1. The Bertz CT molecular complexity index is 1280. The number of aromatic nitrogens is 3. The van der Waals surface area contributed by atoms with Crippen molar-refractivity contribution >= 4 is 19.0 Å². The summed E-state index contributed by atoms with van der Waals surface area (Å²) in [5.41, 5.74) is 1.49. The molecule has 0 atom stereocenters. The fourth-order valence-electron chi connectivity index (χ4n) is 3.86. The normalized spacial score (nSPS) is 14.0. The van der Waals surface area contributed by atoms with Gasteiger partial charge in [0, 0.05) is 27.3 Å². The van der Waals surface area contributed by atoms with Gasteiger partial charge < -0.3 is 23.5 Å². The maximum Gasteiger partial charge on any atom is 0.387 e. The number of ether oxygens (including phenoxy) is 4. The van der Waals surface area contributed by atoms with Crippen LogP contribution in [-0.4, -0.2) is 48.4 Å². The number of aryl methyl sites for hydroxylation is 1. The molecule has 196 valence electrons. The molecule has 11 heteroatoms. The fourth-order valence-corrected chi connectivity index (χ4v) is 4.61. The molecule has 1 aliphatic carbocycles. The van der Waals surface area contributed by atoms with E-state index in [1.165, 1.54) is 10.7 Å². The summed E-state index contributed by atoms with van der Waals surface area (Å²) in [5, 5.41) is 4.59. The number of hydrogen-bond acceptors (Lipinski definition) is 6. The molecule has 0 spiro atoms. The highest BCUT2D eigenvalue weighted by Crippen LogP contribution is 2.43. The monoisotopic (exact) mass is 521 g/mol. The highest BCUT2D eigenvalue weighted by atomic mass is 28.3. The smallest absolute Gasteiger partial charge is 0.387 e. The summed E-state index contributed by atoms with van der Waals surface area (Å²) in [4.78, 5) is 13.1. The zero-order valence-corrected chi connectivity index (χ0v) is 22.3. The van der Waals surface area contributed by atoms with E-state index in [-0.39, 0.29) is 29.9 Å². The molecule has 36 heavy (non-hydrogen) atoms. The van der Waals surface area contributed by atoms with Crippen LogP contribution in [0.2, 0.25) is 25.7 Å². The van der Waals surface area contributed by atoms with Gasteiger partial charge in [-0.2, -0.15) is 13.9 Å². The van der Waals surface area contributed by atoms with E-state index in [4.69, 9.17) is 18.9 Å². The molecule has 0 saturated heterocycles. The van der Waals surface area contributed by atoms with Crippen molar-refractivity contribution in [2.45, 2.75) is 64.9 Å². The Labute approximate surface area is 209 Å². The lowest BCUT2D eigenvalue weighted by Crippen LogP contribution is -2.22. The van der Waals surface area contributed by atoms with Crippen LogP contribution in [0.25, 0.3) is 22.2 Å². The molecule has 0 bridgehead atoms. The number of hydrogen-bond donors (Lipinski definition) is 0. The van der Waals surface area contributed by atoms with Crippen LogP contribution >= 0.6 is 0 Å². The topological polar surface area (TPSA) is 76.7 Å². The number of alkyl halides is 2. The highest BCUT2D eigenvalue weighted by molar-refractivity contribution is 6.76. The molecule has 4 rings (SSSR count). The average Bonchev–Trinajstić information content (AvgIpc) is 3.56.